The summed E-state index contributed by atoms with van der Waals surface area (Å²) >= 11 is 2.01. The van der Waals surface area contributed by atoms with Gasteiger partial charge in [-0.15, -0.1) is 0 Å². The molecule has 5 heteroatoms. The molecule has 0 spiro atoms. The quantitative estimate of drug-likeness (QED) is 0.774. The number of rotatable bonds is 4. The van der Waals surface area contributed by atoms with Crippen LogP contribution in [0, 0.1) is 32.1 Å². The highest BCUT2D eigenvalue weighted by Crippen LogP contribution is 2.48. The van der Waals surface area contributed by atoms with Crippen molar-refractivity contribution in [3.05, 3.63) is 40.2 Å². The Kier molecular flexibility index (Phi) is 4.24. The largest absolute Gasteiger partial charge is 0.453 e. The van der Waals surface area contributed by atoms with Gasteiger partial charge in [0.05, 0.1) is 23.4 Å². The first-order valence-electron chi connectivity index (χ1n) is 8.94. The van der Waals surface area contributed by atoms with Crippen molar-refractivity contribution in [2.24, 2.45) is 0 Å². The summed E-state index contributed by atoms with van der Waals surface area (Å²) in [6.07, 6.45) is 3.65. The summed E-state index contributed by atoms with van der Waals surface area (Å²) < 4.78 is 8.60. The van der Waals surface area contributed by atoms with Crippen LogP contribution in [0.4, 0.5) is 0 Å². The standard InChI is InChI=1S/C20H23N3OS/c1-12-8-17(9-13(2)18(12)10-21)24-20-14(3)22-23(16-6-7-25-11-16)19(20)15-4-5-15/h8-9,15-16H,4-7,11H2,1-3H3. The Balaban J connectivity index is 1.72. The molecular weight excluding hydrogens is 330 g/mol. The van der Waals surface area contributed by atoms with E-state index in [1.807, 2.05) is 44.7 Å². The number of aromatic nitrogens is 2. The summed E-state index contributed by atoms with van der Waals surface area (Å²) in [5, 5.41) is 14.1. The van der Waals surface area contributed by atoms with Crippen molar-refractivity contribution >= 4 is 11.8 Å². The molecule has 1 aliphatic heterocycles. The van der Waals surface area contributed by atoms with Crippen LogP contribution in [0.25, 0.3) is 0 Å². The molecule has 2 aromatic rings. The Labute approximate surface area is 153 Å². The molecule has 0 N–H and O–H groups in total. The number of nitriles is 1. The Hall–Kier alpha value is -1.93. The van der Waals surface area contributed by atoms with Gasteiger partial charge in [-0.3, -0.25) is 4.68 Å². The minimum absolute atomic E-state index is 0.501. The van der Waals surface area contributed by atoms with Crippen molar-refractivity contribution in [1.29, 1.82) is 5.26 Å². The van der Waals surface area contributed by atoms with Crippen LogP contribution in [0.3, 0.4) is 0 Å². The van der Waals surface area contributed by atoms with Gasteiger partial charge in [0.25, 0.3) is 0 Å². The molecule has 4 nitrogen and oxygen atoms in total. The zero-order valence-corrected chi connectivity index (χ0v) is 15.8. The third-order valence-electron chi connectivity index (χ3n) is 5.12. The summed E-state index contributed by atoms with van der Waals surface area (Å²) in [5.41, 5.74) is 4.92. The lowest BCUT2D eigenvalue weighted by molar-refractivity contribution is 0.453. The highest BCUT2D eigenvalue weighted by atomic mass is 32.2. The molecule has 2 heterocycles. The van der Waals surface area contributed by atoms with E-state index >= 15 is 0 Å². The third kappa shape index (κ3) is 3.04. The monoisotopic (exact) mass is 353 g/mol. The van der Waals surface area contributed by atoms with E-state index in [1.54, 1.807) is 0 Å². The molecule has 1 unspecified atom stereocenters. The number of hydrogen-bond donors (Lipinski definition) is 0. The Bertz CT molecular complexity index is 832. The van der Waals surface area contributed by atoms with E-state index in [9.17, 15) is 5.26 Å². The van der Waals surface area contributed by atoms with E-state index in [0.717, 1.165) is 39.6 Å². The van der Waals surface area contributed by atoms with E-state index in [0.29, 0.717) is 12.0 Å². The summed E-state index contributed by atoms with van der Waals surface area (Å²) in [5.74, 6) is 4.69. The highest BCUT2D eigenvalue weighted by Gasteiger charge is 2.35. The molecule has 2 aliphatic rings. The van der Waals surface area contributed by atoms with E-state index in [1.165, 1.54) is 30.7 Å². The van der Waals surface area contributed by atoms with Crippen LogP contribution in [0.2, 0.25) is 0 Å². The summed E-state index contributed by atoms with van der Waals surface area (Å²) in [6.45, 7) is 5.97. The van der Waals surface area contributed by atoms with Gasteiger partial charge in [0.15, 0.2) is 5.75 Å². The van der Waals surface area contributed by atoms with Crippen LogP contribution >= 0.6 is 11.8 Å². The van der Waals surface area contributed by atoms with E-state index < -0.39 is 0 Å². The van der Waals surface area contributed by atoms with Crippen LogP contribution in [0.1, 0.15) is 59.3 Å². The van der Waals surface area contributed by atoms with Crippen molar-refractivity contribution in [3.63, 3.8) is 0 Å². The van der Waals surface area contributed by atoms with Crippen molar-refractivity contribution in [1.82, 2.24) is 9.78 Å². The van der Waals surface area contributed by atoms with Gasteiger partial charge < -0.3 is 4.74 Å². The second-order valence-electron chi connectivity index (χ2n) is 7.18. The Morgan fingerprint density at radius 3 is 2.48 bits per heavy atom. The van der Waals surface area contributed by atoms with E-state index in [4.69, 9.17) is 9.84 Å². The second-order valence-corrected chi connectivity index (χ2v) is 8.33. The molecule has 1 saturated carbocycles. The van der Waals surface area contributed by atoms with Crippen molar-refractivity contribution < 1.29 is 4.74 Å². The molecule has 130 valence electrons. The number of benzene rings is 1. The van der Waals surface area contributed by atoms with Gasteiger partial charge >= 0.3 is 0 Å². The highest BCUT2D eigenvalue weighted by molar-refractivity contribution is 7.99. The molecule has 0 bridgehead atoms. The molecule has 1 atom stereocenters. The molecule has 0 radical (unpaired) electrons. The van der Waals surface area contributed by atoms with Crippen LogP contribution in [-0.2, 0) is 0 Å². The summed E-state index contributed by atoms with van der Waals surface area (Å²) in [4.78, 5) is 0. The average molecular weight is 353 g/mol. The van der Waals surface area contributed by atoms with Gasteiger partial charge in [-0.05, 0) is 69.0 Å². The van der Waals surface area contributed by atoms with Gasteiger partial charge in [0.2, 0.25) is 0 Å². The predicted molar refractivity (Wildman–Crippen MR) is 101 cm³/mol. The molecule has 1 aromatic carbocycles. The van der Waals surface area contributed by atoms with Crippen LogP contribution in [0.15, 0.2) is 12.1 Å². The zero-order chi connectivity index (χ0) is 17.6. The van der Waals surface area contributed by atoms with Crippen molar-refractivity contribution in [2.75, 3.05) is 11.5 Å². The first-order valence-corrected chi connectivity index (χ1v) is 10.1. The summed E-state index contributed by atoms with van der Waals surface area (Å²) in [7, 11) is 0. The topological polar surface area (TPSA) is 50.8 Å². The Morgan fingerprint density at radius 1 is 1.20 bits per heavy atom. The molecule has 1 aliphatic carbocycles. The number of thioether (sulfide) groups is 1. The number of nitrogens with zero attached hydrogens (tertiary/aromatic N) is 3. The van der Waals surface area contributed by atoms with Crippen molar-refractivity contribution in [3.8, 4) is 17.6 Å². The van der Waals surface area contributed by atoms with Gasteiger partial charge in [-0.25, -0.2) is 0 Å². The molecule has 0 amide bonds. The van der Waals surface area contributed by atoms with Crippen LogP contribution in [-0.4, -0.2) is 21.3 Å². The number of hydrogen-bond acceptors (Lipinski definition) is 4. The molecule has 1 saturated heterocycles. The maximum Gasteiger partial charge on any atom is 0.171 e. The first kappa shape index (κ1) is 16.5. The molecule has 1 aromatic heterocycles. The summed E-state index contributed by atoms with van der Waals surface area (Å²) in [6, 6.07) is 6.70. The first-order chi connectivity index (χ1) is 12.1. The fraction of sp³-hybridized carbons (Fsp3) is 0.500. The van der Waals surface area contributed by atoms with Crippen LogP contribution in [0.5, 0.6) is 11.5 Å². The lowest BCUT2D eigenvalue weighted by Crippen LogP contribution is -2.12. The fourth-order valence-electron chi connectivity index (χ4n) is 3.68. The van der Waals surface area contributed by atoms with Crippen molar-refractivity contribution in [2.45, 2.75) is 52.0 Å². The lowest BCUT2D eigenvalue weighted by atomic mass is 10.0. The van der Waals surface area contributed by atoms with Gasteiger partial charge in [0, 0.05) is 11.7 Å². The smallest absolute Gasteiger partial charge is 0.171 e. The van der Waals surface area contributed by atoms with Gasteiger partial charge in [-0.1, -0.05) is 0 Å². The van der Waals surface area contributed by atoms with Gasteiger partial charge in [0.1, 0.15) is 11.4 Å². The van der Waals surface area contributed by atoms with E-state index in [2.05, 4.69) is 10.8 Å². The predicted octanol–water partition coefficient (Wildman–Crippen LogP) is 5.03. The molecule has 4 rings (SSSR count). The second kappa shape index (κ2) is 6.42. The Morgan fingerprint density at radius 2 is 1.92 bits per heavy atom. The minimum Gasteiger partial charge on any atom is -0.453 e. The SMILES string of the molecule is Cc1cc(Oc2c(C)nn(C3CCSC3)c2C2CC2)cc(C)c1C#N. The number of aryl methyl sites for hydroxylation is 3. The minimum atomic E-state index is 0.501. The maximum atomic E-state index is 9.27. The molecular formula is C20H23N3OS. The third-order valence-corrected chi connectivity index (χ3v) is 6.26. The fourth-order valence-corrected chi connectivity index (χ4v) is 4.86. The zero-order valence-electron chi connectivity index (χ0n) is 15.0. The van der Waals surface area contributed by atoms with Gasteiger partial charge in [-0.2, -0.15) is 22.1 Å². The van der Waals surface area contributed by atoms with E-state index in [-0.39, 0.29) is 0 Å². The molecule has 25 heavy (non-hydrogen) atoms. The average Bonchev–Trinajstić information content (AvgIpc) is 3.15. The molecule has 2 fully saturated rings. The number of ether oxygens (including phenoxy) is 1. The maximum absolute atomic E-state index is 9.27. The lowest BCUT2D eigenvalue weighted by Gasteiger charge is -2.15. The van der Waals surface area contributed by atoms with Crippen LogP contribution < -0.4 is 4.74 Å². The normalized spacial score (nSPS) is 19.8.